The first kappa shape index (κ1) is 7.85. The quantitative estimate of drug-likeness (QED) is 0.707. The van der Waals surface area contributed by atoms with Gasteiger partial charge in [0.2, 0.25) is 0 Å². The molecule has 0 atom stereocenters. The molecule has 0 aliphatic heterocycles. The van der Waals surface area contributed by atoms with Gasteiger partial charge in [0.25, 0.3) is 0 Å². The molecule has 0 radical (unpaired) electrons. The van der Waals surface area contributed by atoms with E-state index >= 15 is 0 Å². The van der Waals surface area contributed by atoms with Crippen LogP contribution >= 0.6 is 0 Å². The molecule has 1 heterocycles. The summed E-state index contributed by atoms with van der Waals surface area (Å²) in [5.74, 6) is 1.97. The summed E-state index contributed by atoms with van der Waals surface area (Å²) in [7, 11) is 0. The highest BCUT2D eigenvalue weighted by Crippen LogP contribution is 2.32. The summed E-state index contributed by atoms with van der Waals surface area (Å²) in [4.78, 5) is 7.84. The van der Waals surface area contributed by atoms with Crippen molar-refractivity contribution in [3.63, 3.8) is 0 Å². The number of hydrogen-bond donors (Lipinski definition) is 2. The Morgan fingerprint density at radius 2 is 2.29 bits per heavy atom. The van der Waals surface area contributed by atoms with E-state index in [1.165, 1.54) is 12.8 Å². The number of rotatable bonds is 2. The third kappa shape index (κ3) is 1.35. The van der Waals surface area contributed by atoms with Crippen LogP contribution < -0.4 is 5.73 Å². The Labute approximate surface area is 82.3 Å². The van der Waals surface area contributed by atoms with Gasteiger partial charge in [0.15, 0.2) is 0 Å². The average Bonchev–Trinajstić information content (AvgIpc) is 2.84. The molecule has 0 spiro atoms. The molecule has 1 aromatic heterocycles. The summed E-state index contributed by atoms with van der Waals surface area (Å²) in [6.45, 7) is 0. The lowest BCUT2D eigenvalue weighted by Crippen LogP contribution is -1.88. The van der Waals surface area contributed by atoms with Crippen LogP contribution in [-0.4, -0.2) is 9.97 Å². The zero-order valence-corrected chi connectivity index (χ0v) is 7.96. The van der Waals surface area contributed by atoms with Crippen molar-refractivity contribution in [2.75, 3.05) is 5.73 Å². The highest BCUT2D eigenvalue weighted by Gasteiger charge is 2.22. The summed E-state index contributed by atoms with van der Waals surface area (Å²) in [5.41, 5.74) is 8.57. The van der Waals surface area contributed by atoms with Gasteiger partial charge in [-0.1, -0.05) is 0 Å². The van der Waals surface area contributed by atoms with E-state index in [9.17, 15) is 0 Å². The molecule has 72 valence electrons. The summed E-state index contributed by atoms with van der Waals surface area (Å²) < 4.78 is 0. The second-order valence-electron chi connectivity index (χ2n) is 4.11. The maximum absolute atomic E-state index is 5.70. The molecule has 3 heteroatoms. The molecule has 14 heavy (non-hydrogen) atoms. The molecule has 1 aliphatic rings. The van der Waals surface area contributed by atoms with Crippen LogP contribution in [0.2, 0.25) is 0 Å². The van der Waals surface area contributed by atoms with Crippen molar-refractivity contribution < 1.29 is 0 Å². The van der Waals surface area contributed by atoms with Crippen LogP contribution in [0.25, 0.3) is 11.0 Å². The Bertz CT molecular complexity index is 468. The van der Waals surface area contributed by atoms with Crippen LogP contribution in [0.4, 0.5) is 5.69 Å². The fourth-order valence-corrected chi connectivity index (χ4v) is 1.77. The molecule has 3 nitrogen and oxygen atoms in total. The summed E-state index contributed by atoms with van der Waals surface area (Å²) >= 11 is 0. The largest absolute Gasteiger partial charge is 0.399 e. The third-order valence-corrected chi connectivity index (χ3v) is 2.73. The van der Waals surface area contributed by atoms with Gasteiger partial charge in [0.05, 0.1) is 11.0 Å². The first-order valence-corrected chi connectivity index (χ1v) is 5.05. The highest BCUT2D eigenvalue weighted by molar-refractivity contribution is 5.78. The van der Waals surface area contributed by atoms with Crippen LogP contribution in [0.5, 0.6) is 0 Å². The number of benzene rings is 1. The molecule has 1 fully saturated rings. The highest BCUT2D eigenvalue weighted by atomic mass is 14.9. The van der Waals surface area contributed by atoms with E-state index in [1.807, 2.05) is 18.2 Å². The molecule has 0 unspecified atom stereocenters. The van der Waals surface area contributed by atoms with Gasteiger partial charge in [0.1, 0.15) is 5.82 Å². The lowest BCUT2D eigenvalue weighted by molar-refractivity contribution is 0.787. The Kier molecular flexibility index (Phi) is 1.54. The van der Waals surface area contributed by atoms with Crippen molar-refractivity contribution >= 4 is 16.7 Å². The molecule has 0 bridgehead atoms. The Morgan fingerprint density at radius 1 is 1.43 bits per heavy atom. The predicted octanol–water partition coefficient (Wildman–Crippen LogP) is 2.10. The lowest BCUT2D eigenvalue weighted by atomic mass is 10.3. The van der Waals surface area contributed by atoms with E-state index in [-0.39, 0.29) is 0 Å². The zero-order valence-electron chi connectivity index (χ0n) is 7.96. The number of H-pyrrole nitrogens is 1. The smallest absolute Gasteiger partial charge is 0.107 e. The number of nitrogen functional groups attached to an aromatic ring is 1. The van der Waals surface area contributed by atoms with Crippen molar-refractivity contribution in [3.8, 4) is 0 Å². The fourth-order valence-electron chi connectivity index (χ4n) is 1.77. The van der Waals surface area contributed by atoms with Crippen molar-refractivity contribution in [1.82, 2.24) is 9.97 Å². The normalized spacial score (nSPS) is 16.3. The van der Waals surface area contributed by atoms with E-state index in [0.29, 0.717) is 0 Å². The van der Waals surface area contributed by atoms with Gasteiger partial charge < -0.3 is 10.7 Å². The van der Waals surface area contributed by atoms with Gasteiger partial charge in [-0.15, -0.1) is 0 Å². The van der Waals surface area contributed by atoms with Gasteiger partial charge in [-0.25, -0.2) is 4.98 Å². The van der Waals surface area contributed by atoms with Crippen LogP contribution in [0.15, 0.2) is 18.2 Å². The SMILES string of the molecule is Nc1ccc2nc(CC3CC3)[nH]c2c1. The minimum Gasteiger partial charge on any atom is -0.399 e. The van der Waals surface area contributed by atoms with Gasteiger partial charge >= 0.3 is 0 Å². The summed E-state index contributed by atoms with van der Waals surface area (Å²) in [6.07, 6.45) is 3.81. The number of hydrogen-bond acceptors (Lipinski definition) is 2. The molecular formula is C11H13N3. The Morgan fingerprint density at radius 3 is 3.07 bits per heavy atom. The lowest BCUT2D eigenvalue weighted by Gasteiger charge is -1.90. The van der Waals surface area contributed by atoms with Gasteiger partial charge in [-0.05, 0) is 37.0 Å². The first-order valence-electron chi connectivity index (χ1n) is 5.05. The predicted molar refractivity (Wildman–Crippen MR) is 56.9 cm³/mol. The number of nitrogens with zero attached hydrogens (tertiary/aromatic N) is 1. The van der Waals surface area contributed by atoms with Crippen LogP contribution in [0, 0.1) is 5.92 Å². The van der Waals surface area contributed by atoms with Crippen molar-refractivity contribution in [3.05, 3.63) is 24.0 Å². The maximum atomic E-state index is 5.70. The van der Waals surface area contributed by atoms with Crippen LogP contribution in [0.1, 0.15) is 18.7 Å². The van der Waals surface area contributed by atoms with Crippen LogP contribution in [0.3, 0.4) is 0 Å². The molecular weight excluding hydrogens is 174 g/mol. The molecule has 1 saturated carbocycles. The Hall–Kier alpha value is -1.51. The number of aromatic amines is 1. The molecule has 1 aromatic carbocycles. The monoisotopic (exact) mass is 187 g/mol. The topological polar surface area (TPSA) is 54.7 Å². The minimum absolute atomic E-state index is 0.791. The Balaban J connectivity index is 2.01. The van der Waals surface area contributed by atoms with Crippen LogP contribution in [-0.2, 0) is 6.42 Å². The summed E-state index contributed by atoms with van der Waals surface area (Å²) in [5, 5.41) is 0. The molecule has 2 aromatic rings. The molecule has 0 saturated heterocycles. The van der Waals surface area contributed by atoms with Gasteiger partial charge in [-0.3, -0.25) is 0 Å². The zero-order chi connectivity index (χ0) is 9.54. The van der Waals surface area contributed by atoms with E-state index in [1.54, 1.807) is 0 Å². The second-order valence-corrected chi connectivity index (χ2v) is 4.11. The van der Waals surface area contributed by atoms with Gasteiger partial charge in [0, 0.05) is 12.1 Å². The number of nitrogens with one attached hydrogen (secondary N) is 1. The first-order chi connectivity index (χ1) is 6.81. The third-order valence-electron chi connectivity index (χ3n) is 2.73. The molecule has 1 aliphatic carbocycles. The molecule has 0 amide bonds. The number of aromatic nitrogens is 2. The average molecular weight is 187 g/mol. The number of nitrogens with two attached hydrogens (primary N) is 1. The molecule has 3 N–H and O–H groups in total. The standard InChI is InChI=1S/C11H13N3/c12-8-3-4-9-10(6-8)14-11(13-9)5-7-1-2-7/h3-4,6-7H,1-2,5,12H2,(H,13,14). The number of fused-ring (bicyclic) bond motifs is 1. The van der Waals surface area contributed by atoms with E-state index < -0.39 is 0 Å². The summed E-state index contributed by atoms with van der Waals surface area (Å²) in [6, 6.07) is 5.81. The second kappa shape index (κ2) is 2.74. The minimum atomic E-state index is 0.791. The van der Waals surface area contributed by atoms with E-state index in [2.05, 4.69) is 9.97 Å². The van der Waals surface area contributed by atoms with E-state index in [0.717, 1.165) is 34.9 Å². The maximum Gasteiger partial charge on any atom is 0.107 e. The number of imidazole rings is 1. The van der Waals surface area contributed by atoms with Crippen molar-refractivity contribution in [2.45, 2.75) is 19.3 Å². The molecule has 3 rings (SSSR count). The van der Waals surface area contributed by atoms with Crippen molar-refractivity contribution in [2.24, 2.45) is 5.92 Å². The fraction of sp³-hybridized carbons (Fsp3) is 0.364. The van der Waals surface area contributed by atoms with Gasteiger partial charge in [-0.2, -0.15) is 0 Å². The van der Waals surface area contributed by atoms with Crippen molar-refractivity contribution in [1.29, 1.82) is 0 Å². The van der Waals surface area contributed by atoms with E-state index in [4.69, 9.17) is 5.73 Å². The number of anilines is 1.